The number of carbonyl (C=O) groups is 1. The molecule has 1 aromatic heterocycles. The molecule has 2 rings (SSSR count). The summed E-state index contributed by atoms with van der Waals surface area (Å²) in [4.78, 5) is 22.7. The predicted octanol–water partition coefficient (Wildman–Crippen LogP) is 2.20. The van der Waals surface area contributed by atoms with Gasteiger partial charge in [-0.1, -0.05) is 6.07 Å². The van der Waals surface area contributed by atoms with Crippen molar-refractivity contribution in [2.75, 3.05) is 33.2 Å². The van der Waals surface area contributed by atoms with Gasteiger partial charge in [0.1, 0.15) is 11.6 Å². The van der Waals surface area contributed by atoms with Gasteiger partial charge in [0.05, 0.1) is 20.8 Å². The Bertz CT molecular complexity index is 803. The lowest BCUT2D eigenvalue weighted by Crippen LogP contribution is -2.22. The van der Waals surface area contributed by atoms with Gasteiger partial charge in [-0.15, -0.1) is 0 Å². The molecule has 0 saturated carbocycles. The standard InChI is InChI=1S/C19H24N4O3/c1-13-10-18(23(2)3)22-17(21-13)12-20-19(24)9-7-14-6-8-15(25-4)16(11-14)26-5/h6-11H,12H2,1-5H3,(H,20,24)/b9-7+. The van der Waals surface area contributed by atoms with E-state index in [1.165, 1.54) is 6.08 Å². The summed E-state index contributed by atoms with van der Waals surface area (Å²) in [7, 11) is 6.98. The molecule has 1 amide bonds. The lowest BCUT2D eigenvalue weighted by molar-refractivity contribution is -0.116. The number of carbonyl (C=O) groups excluding carboxylic acids is 1. The van der Waals surface area contributed by atoms with Crippen LogP contribution >= 0.6 is 0 Å². The number of hydrogen-bond donors (Lipinski definition) is 1. The summed E-state index contributed by atoms with van der Waals surface area (Å²) >= 11 is 0. The fourth-order valence-corrected chi connectivity index (χ4v) is 2.27. The highest BCUT2D eigenvalue weighted by Crippen LogP contribution is 2.27. The van der Waals surface area contributed by atoms with Crippen LogP contribution < -0.4 is 19.7 Å². The van der Waals surface area contributed by atoms with Crippen molar-refractivity contribution in [1.82, 2.24) is 15.3 Å². The van der Waals surface area contributed by atoms with Crippen molar-refractivity contribution in [2.45, 2.75) is 13.5 Å². The molecule has 0 aliphatic carbocycles. The molecule has 0 spiro atoms. The Morgan fingerprint density at radius 3 is 2.54 bits per heavy atom. The molecule has 138 valence electrons. The molecule has 1 heterocycles. The minimum atomic E-state index is -0.226. The first-order valence-corrected chi connectivity index (χ1v) is 8.12. The van der Waals surface area contributed by atoms with Crippen molar-refractivity contribution < 1.29 is 14.3 Å². The van der Waals surface area contributed by atoms with Crippen LogP contribution in [0.15, 0.2) is 30.3 Å². The van der Waals surface area contributed by atoms with Crippen molar-refractivity contribution in [3.05, 3.63) is 47.4 Å². The van der Waals surface area contributed by atoms with Crippen LogP contribution in [0.4, 0.5) is 5.82 Å². The molecule has 2 aromatic rings. The smallest absolute Gasteiger partial charge is 0.244 e. The van der Waals surface area contributed by atoms with E-state index in [-0.39, 0.29) is 12.5 Å². The number of methoxy groups -OCH3 is 2. The molecule has 0 atom stereocenters. The number of benzene rings is 1. The van der Waals surface area contributed by atoms with E-state index in [0.29, 0.717) is 17.3 Å². The van der Waals surface area contributed by atoms with E-state index in [0.717, 1.165) is 17.1 Å². The Morgan fingerprint density at radius 1 is 1.15 bits per heavy atom. The van der Waals surface area contributed by atoms with Crippen molar-refractivity contribution in [3.8, 4) is 11.5 Å². The second-order valence-corrected chi connectivity index (χ2v) is 5.84. The van der Waals surface area contributed by atoms with Gasteiger partial charge >= 0.3 is 0 Å². The van der Waals surface area contributed by atoms with Crippen LogP contribution in [0.5, 0.6) is 11.5 Å². The number of aromatic nitrogens is 2. The first-order chi connectivity index (χ1) is 12.4. The van der Waals surface area contributed by atoms with E-state index in [1.807, 2.05) is 38.1 Å². The van der Waals surface area contributed by atoms with Gasteiger partial charge in [0, 0.05) is 31.9 Å². The van der Waals surface area contributed by atoms with Crippen molar-refractivity contribution in [2.24, 2.45) is 0 Å². The van der Waals surface area contributed by atoms with E-state index >= 15 is 0 Å². The summed E-state index contributed by atoms with van der Waals surface area (Å²) < 4.78 is 10.4. The number of ether oxygens (including phenoxy) is 2. The van der Waals surface area contributed by atoms with Crippen molar-refractivity contribution >= 4 is 17.8 Å². The maximum atomic E-state index is 12.1. The van der Waals surface area contributed by atoms with E-state index < -0.39 is 0 Å². The Labute approximate surface area is 153 Å². The highest BCUT2D eigenvalue weighted by atomic mass is 16.5. The van der Waals surface area contributed by atoms with Gasteiger partial charge in [-0.05, 0) is 30.7 Å². The number of anilines is 1. The Kier molecular flexibility index (Phi) is 6.54. The number of nitrogens with one attached hydrogen (secondary N) is 1. The minimum absolute atomic E-state index is 0.226. The van der Waals surface area contributed by atoms with E-state index in [4.69, 9.17) is 9.47 Å². The summed E-state index contributed by atoms with van der Waals surface area (Å²) in [5, 5.41) is 2.79. The van der Waals surface area contributed by atoms with Gasteiger partial charge in [-0.3, -0.25) is 4.79 Å². The van der Waals surface area contributed by atoms with Gasteiger partial charge in [0.15, 0.2) is 11.5 Å². The molecule has 0 fully saturated rings. The van der Waals surface area contributed by atoms with E-state index in [2.05, 4.69) is 15.3 Å². The van der Waals surface area contributed by atoms with Gasteiger partial charge in [-0.25, -0.2) is 9.97 Å². The largest absolute Gasteiger partial charge is 0.493 e. The average molecular weight is 356 g/mol. The fraction of sp³-hybridized carbons (Fsp3) is 0.316. The molecule has 0 unspecified atom stereocenters. The predicted molar refractivity (Wildman–Crippen MR) is 102 cm³/mol. The lowest BCUT2D eigenvalue weighted by Gasteiger charge is -2.13. The van der Waals surface area contributed by atoms with Gasteiger partial charge < -0.3 is 19.7 Å². The molecule has 26 heavy (non-hydrogen) atoms. The van der Waals surface area contributed by atoms with Crippen LogP contribution in [0.1, 0.15) is 17.1 Å². The fourth-order valence-electron chi connectivity index (χ4n) is 2.27. The van der Waals surface area contributed by atoms with Crippen molar-refractivity contribution in [3.63, 3.8) is 0 Å². The Hall–Kier alpha value is -3.09. The third-order valence-electron chi connectivity index (χ3n) is 3.60. The number of amides is 1. The number of rotatable bonds is 7. The van der Waals surface area contributed by atoms with Crippen LogP contribution in [-0.4, -0.2) is 44.2 Å². The average Bonchev–Trinajstić information content (AvgIpc) is 2.63. The van der Waals surface area contributed by atoms with Gasteiger partial charge in [-0.2, -0.15) is 0 Å². The van der Waals surface area contributed by atoms with E-state index in [9.17, 15) is 4.79 Å². The number of aryl methyl sites for hydroxylation is 1. The summed E-state index contributed by atoms with van der Waals surface area (Å²) in [6.45, 7) is 2.16. The van der Waals surface area contributed by atoms with Crippen LogP contribution in [-0.2, 0) is 11.3 Å². The molecule has 0 aliphatic heterocycles. The summed E-state index contributed by atoms with van der Waals surface area (Å²) in [5.41, 5.74) is 1.69. The summed E-state index contributed by atoms with van der Waals surface area (Å²) in [5.74, 6) is 2.40. The number of nitrogens with zero attached hydrogens (tertiary/aromatic N) is 3. The SMILES string of the molecule is COc1ccc(/C=C/C(=O)NCc2nc(C)cc(N(C)C)n2)cc1OC. The third-order valence-corrected chi connectivity index (χ3v) is 3.60. The first kappa shape index (κ1) is 19.2. The van der Waals surface area contributed by atoms with Crippen LogP contribution in [0, 0.1) is 6.92 Å². The maximum absolute atomic E-state index is 12.1. The highest BCUT2D eigenvalue weighted by Gasteiger charge is 2.06. The quantitative estimate of drug-likeness (QED) is 0.767. The minimum Gasteiger partial charge on any atom is -0.493 e. The molecule has 1 aromatic carbocycles. The Balaban J connectivity index is 2.00. The van der Waals surface area contributed by atoms with Crippen LogP contribution in [0.3, 0.4) is 0 Å². The lowest BCUT2D eigenvalue weighted by atomic mass is 10.2. The molecule has 0 saturated heterocycles. The normalized spacial score (nSPS) is 10.7. The summed E-state index contributed by atoms with van der Waals surface area (Å²) in [6.07, 6.45) is 3.17. The molecule has 7 heteroatoms. The van der Waals surface area contributed by atoms with Crippen LogP contribution in [0.25, 0.3) is 6.08 Å². The zero-order valence-corrected chi connectivity index (χ0v) is 15.7. The topological polar surface area (TPSA) is 76.6 Å². The zero-order valence-electron chi connectivity index (χ0n) is 15.7. The highest BCUT2D eigenvalue weighted by molar-refractivity contribution is 5.91. The van der Waals surface area contributed by atoms with Crippen molar-refractivity contribution in [1.29, 1.82) is 0 Å². The van der Waals surface area contributed by atoms with Gasteiger partial charge in [0.25, 0.3) is 0 Å². The molecule has 0 aliphatic rings. The zero-order chi connectivity index (χ0) is 19.1. The molecular formula is C19H24N4O3. The molecule has 0 bridgehead atoms. The number of hydrogen-bond acceptors (Lipinski definition) is 6. The summed E-state index contributed by atoms with van der Waals surface area (Å²) in [6, 6.07) is 7.33. The maximum Gasteiger partial charge on any atom is 0.244 e. The Morgan fingerprint density at radius 2 is 1.88 bits per heavy atom. The third kappa shape index (κ3) is 5.20. The second-order valence-electron chi connectivity index (χ2n) is 5.84. The monoisotopic (exact) mass is 356 g/mol. The molecular weight excluding hydrogens is 332 g/mol. The second kappa shape index (κ2) is 8.84. The molecule has 7 nitrogen and oxygen atoms in total. The van der Waals surface area contributed by atoms with Crippen LogP contribution in [0.2, 0.25) is 0 Å². The molecule has 1 N–H and O–H groups in total. The van der Waals surface area contributed by atoms with Gasteiger partial charge in [0.2, 0.25) is 5.91 Å². The van der Waals surface area contributed by atoms with E-state index in [1.54, 1.807) is 32.4 Å². The first-order valence-electron chi connectivity index (χ1n) is 8.12. The molecule has 0 radical (unpaired) electrons.